The normalized spacial score (nSPS) is 25.6. The Morgan fingerprint density at radius 2 is 1.68 bits per heavy atom. The second kappa shape index (κ2) is 8.78. The van der Waals surface area contributed by atoms with E-state index in [2.05, 4.69) is 29.6 Å². The maximum atomic E-state index is 13.3. The summed E-state index contributed by atoms with van der Waals surface area (Å²) in [5.74, 6) is -1.60. The molecule has 1 aliphatic heterocycles. The predicted octanol–water partition coefficient (Wildman–Crippen LogP) is 4.16. The molecule has 1 saturated heterocycles. The highest BCUT2D eigenvalue weighted by molar-refractivity contribution is 5.89. The SMILES string of the molecule is C[C@]1(C(=O)O)CCCN1C(=O)[C@@H]1CCC[C@@H]1NC(=O)OCC1c2ccccc2-c2ccccc21. The Labute approximate surface area is 199 Å². The predicted molar refractivity (Wildman–Crippen MR) is 126 cm³/mol. The number of nitrogens with one attached hydrogen (secondary N) is 1. The van der Waals surface area contributed by atoms with E-state index in [1.54, 1.807) is 6.92 Å². The molecule has 3 aliphatic rings. The van der Waals surface area contributed by atoms with Crippen molar-refractivity contribution in [3.05, 3.63) is 59.7 Å². The quantitative estimate of drug-likeness (QED) is 0.696. The summed E-state index contributed by atoms with van der Waals surface area (Å²) < 4.78 is 5.67. The van der Waals surface area contributed by atoms with Gasteiger partial charge in [0.15, 0.2) is 0 Å². The Bertz CT molecular complexity index is 1090. The number of likely N-dealkylation sites (tertiary alicyclic amines) is 1. The number of nitrogens with zero attached hydrogens (tertiary/aromatic N) is 1. The summed E-state index contributed by atoms with van der Waals surface area (Å²) >= 11 is 0. The number of hydrogen-bond donors (Lipinski definition) is 2. The number of benzene rings is 2. The zero-order valence-electron chi connectivity index (χ0n) is 19.3. The number of carbonyl (C=O) groups excluding carboxylic acids is 2. The van der Waals surface area contributed by atoms with Crippen LogP contribution in [-0.2, 0) is 14.3 Å². The molecule has 3 atom stereocenters. The molecule has 2 aromatic carbocycles. The van der Waals surface area contributed by atoms with Crippen molar-refractivity contribution < 1.29 is 24.2 Å². The average molecular weight is 463 g/mol. The summed E-state index contributed by atoms with van der Waals surface area (Å²) in [7, 11) is 0. The van der Waals surface area contributed by atoms with Gasteiger partial charge in [-0.05, 0) is 54.9 Å². The van der Waals surface area contributed by atoms with Crippen LogP contribution in [0, 0.1) is 5.92 Å². The number of carbonyl (C=O) groups is 3. The van der Waals surface area contributed by atoms with Crippen LogP contribution in [0.2, 0.25) is 0 Å². The highest BCUT2D eigenvalue weighted by Gasteiger charge is 2.49. The van der Waals surface area contributed by atoms with Crippen molar-refractivity contribution in [2.24, 2.45) is 5.92 Å². The maximum Gasteiger partial charge on any atom is 0.407 e. The van der Waals surface area contributed by atoms with Gasteiger partial charge in [0.2, 0.25) is 5.91 Å². The van der Waals surface area contributed by atoms with Gasteiger partial charge in [0, 0.05) is 18.5 Å². The number of aliphatic carboxylic acids is 1. The molecule has 0 radical (unpaired) electrons. The van der Waals surface area contributed by atoms with Crippen molar-refractivity contribution >= 4 is 18.0 Å². The summed E-state index contributed by atoms with van der Waals surface area (Å²) in [6, 6.07) is 16.0. The largest absolute Gasteiger partial charge is 0.480 e. The molecule has 2 aliphatic carbocycles. The van der Waals surface area contributed by atoms with Gasteiger partial charge in [0.1, 0.15) is 12.1 Å². The van der Waals surface area contributed by atoms with Gasteiger partial charge in [-0.3, -0.25) is 4.79 Å². The fourth-order valence-corrected chi connectivity index (χ4v) is 5.96. The van der Waals surface area contributed by atoms with Crippen molar-refractivity contribution in [2.75, 3.05) is 13.2 Å². The first-order valence-electron chi connectivity index (χ1n) is 12.1. The van der Waals surface area contributed by atoms with Crippen LogP contribution in [0.25, 0.3) is 11.1 Å². The Kier molecular flexibility index (Phi) is 5.80. The Balaban J connectivity index is 1.24. The van der Waals surface area contributed by atoms with Gasteiger partial charge in [-0.2, -0.15) is 0 Å². The molecule has 2 N–H and O–H groups in total. The van der Waals surface area contributed by atoms with Crippen LogP contribution in [0.15, 0.2) is 48.5 Å². The van der Waals surface area contributed by atoms with Gasteiger partial charge in [-0.25, -0.2) is 9.59 Å². The molecule has 0 bridgehead atoms. The minimum Gasteiger partial charge on any atom is -0.480 e. The smallest absolute Gasteiger partial charge is 0.407 e. The fourth-order valence-electron chi connectivity index (χ4n) is 5.96. The molecule has 7 nitrogen and oxygen atoms in total. The van der Waals surface area contributed by atoms with Crippen LogP contribution < -0.4 is 5.32 Å². The van der Waals surface area contributed by atoms with Gasteiger partial charge in [0.05, 0.1) is 5.92 Å². The van der Waals surface area contributed by atoms with E-state index in [0.717, 1.165) is 17.5 Å². The number of fused-ring (bicyclic) bond motifs is 3. The van der Waals surface area contributed by atoms with E-state index in [-0.39, 0.29) is 24.5 Å². The molecule has 1 saturated carbocycles. The van der Waals surface area contributed by atoms with Crippen LogP contribution in [0.1, 0.15) is 56.1 Å². The van der Waals surface area contributed by atoms with Crippen molar-refractivity contribution in [3.8, 4) is 11.1 Å². The minimum absolute atomic E-state index is 0.0277. The second-order valence-electron chi connectivity index (χ2n) is 9.79. The van der Waals surface area contributed by atoms with Crippen LogP contribution in [0.4, 0.5) is 4.79 Å². The van der Waals surface area contributed by atoms with E-state index in [0.29, 0.717) is 32.2 Å². The molecule has 2 fully saturated rings. The lowest BCUT2D eigenvalue weighted by molar-refractivity contribution is -0.157. The summed E-state index contributed by atoms with van der Waals surface area (Å²) in [6.45, 7) is 2.27. The Hall–Kier alpha value is -3.35. The molecular weight excluding hydrogens is 432 g/mol. The number of ether oxygens (including phenoxy) is 1. The molecule has 0 unspecified atom stereocenters. The lowest BCUT2D eigenvalue weighted by Gasteiger charge is -2.34. The lowest BCUT2D eigenvalue weighted by Crippen LogP contribution is -2.54. The first-order valence-corrected chi connectivity index (χ1v) is 12.1. The molecule has 0 spiro atoms. The minimum atomic E-state index is -1.17. The van der Waals surface area contributed by atoms with Gasteiger partial charge < -0.3 is 20.1 Å². The van der Waals surface area contributed by atoms with Crippen LogP contribution in [0.5, 0.6) is 0 Å². The van der Waals surface area contributed by atoms with Crippen molar-refractivity contribution in [1.29, 1.82) is 0 Å². The van der Waals surface area contributed by atoms with Crippen molar-refractivity contribution in [3.63, 3.8) is 0 Å². The van der Waals surface area contributed by atoms with E-state index in [4.69, 9.17) is 4.74 Å². The number of rotatable bonds is 5. The van der Waals surface area contributed by atoms with E-state index in [1.165, 1.54) is 16.0 Å². The number of carboxylic acid groups (broad SMARTS) is 1. The molecule has 0 aromatic heterocycles. The molecule has 1 heterocycles. The maximum absolute atomic E-state index is 13.3. The highest BCUT2D eigenvalue weighted by atomic mass is 16.5. The molecule has 34 heavy (non-hydrogen) atoms. The average Bonchev–Trinajstić information content (AvgIpc) is 3.54. The summed E-state index contributed by atoms with van der Waals surface area (Å²) in [4.78, 5) is 39.3. The first kappa shape index (κ1) is 22.4. The molecule has 2 aromatic rings. The van der Waals surface area contributed by atoms with Crippen LogP contribution in [-0.4, -0.2) is 52.7 Å². The van der Waals surface area contributed by atoms with E-state index in [1.807, 2.05) is 24.3 Å². The summed E-state index contributed by atoms with van der Waals surface area (Å²) in [5.41, 5.74) is 3.45. The molecule has 7 heteroatoms. The molecule has 178 valence electrons. The number of carboxylic acids is 1. The van der Waals surface area contributed by atoms with Gasteiger partial charge in [0.25, 0.3) is 0 Å². The third-order valence-electron chi connectivity index (χ3n) is 7.85. The zero-order chi connectivity index (χ0) is 23.9. The Morgan fingerprint density at radius 1 is 1.03 bits per heavy atom. The number of alkyl carbamates (subject to hydrolysis) is 1. The van der Waals surface area contributed by atoms with Crippen molar-refractivity contribution in [2.45, 2.75) is 56.5 Å². The first-order chi connectivity index (χ1) is 16.4. The van der Waals surface area contributed by atoms with Gasteiger partial charge >= 0.3 is 12.1 Å². The third kappa shape index (κ3) is 3.73. The monoisotopic (exact) mass is 462 g/mol. The van der Waals surface area contributed by atoms with Crippen LogP contribution in [0.3, 0.4) is 0 Å². The second-order valence-corrected chi connectivity index (χ2v) is 9.79. The van der Waals surface area contributed by atoms with E-state index < -0.39 is 23.5 Å². The van der Waals surface area contributed by atoms with Gasteiger partial charge in [-0.15, -0.1) is 0 Å². The van der Waals surface area contributed by atoms with E-state index in [9.17, 15) is 19.5 Å². The molecule has 2 amide bonds. The third-order valence-corrected chi connectivity index (χ3v) is 7.85. The lowest BCUT2D eigenvalue weighted by atomic mass is 9.95. The van der Waals surface area contributed by atoms with Crippen LogP contribution >= 0.6 is 0 Å². The van der Waals surface area contributed by atoms with E-state index >= 15 is 0 Å². The number of hydrogen-bond acceptors (Lipinski definition) is 4. The van der Waals surface area contributed by atoms with Crippen molar-refractivity contribution in [1.82, 2.24) is 10.2 Å². The zero-order valence-corrected chi connectivity index (χ0v) is 19.3. The topological polar surface area (TPSA) is 95.9 Å². The molecular formula is C27H30N2O5. The Morgan fingerprint density at radius 3 is 2.32 bits per heavy atom. The van der Waals surface area contributed by atoms with Gasteiger partial charge in [-0.1, -0.05) is 55.0 Å². The summed E-state index contributed by atoms with van der Waals surface area (Å²) in [6.07, 6.45) is 2.71. The number of amides is 2. The highest BCUT2D eigenvalue weighted by Crippen LogP contribution is 2.44. The summed E-state index contributed by atoms with van der Waals surface area (Å²) in [5, 5.41) is 12.6. The fraction of sp³-hybridized carbons (Fsp3) is 0.444. The molecule has 5 rings (SSSR count). The standard InChI is InChI=1S/C27H30N2O5/c1-27(25(31)32)14-7-15-29(27)24(30)21-12-6-13-23(21)28-26(33)34-16-22-19-10-4-2-8-17(19)18-9-3-5-11-20(18)22/h2-5,8-11,21-23H,6-7,12-16H2,1H3,(H,28,33)(H,31,32)/t21-,23+,27-/m1/s1.